The monoisotopic (exact) mass is 499 g/mol. The summed E-state index contributed by atoms with van der Waals surface area (Å²) >= 11 is 12.7. The van der Waals surface area contributed by atoms with Crippen LogP contribution in [0.5, 0.6) is 11.5 Å². The van der Waals surface area contributed by atoms with Gasteiger partial charge in [-0.25, -0.2) is 0 Å². The van der Waals surface area contributed by atoms with Gasteiger partial charge < -0.3 is 14.8 Å². The second kappa shape index (κ2) is 13.7. The van der Waals surface area contributed by atoms with Crippen LogP contribution < -0.4 is 14.8 Å². The van der Waals surface area contributed by atoms with E-state index >= 15 is 0 Å². The molecule has 0 aromatic heterocycles. The normalized spacial score (nSPS) is 12.6. The van der Waals surface area contributed by atoms with Gasteiger partial charge in [0.2, 0.25) is 0 Å². The van der Waals surface area contributed by atoms with Crippen molar-refractivity contribution >= 4 is 34.7 Å². The molecule has 0 aliphatic heterocycles. The molecule has 0 heterocycles. The van der Waals surface area contributed by atoms with E-state index in [1.807, 2.05) is 37.3 Å². The van der Waals surface area contributed by atoms with Crippen LogP contribution in [0.1, 0.15) is 37.0 Å². The number of carbonyl (C=O) groups excluding carboxylic acids is 1. The van der Waals surface area contributed by atoms with E-state index in [0.717, 1.165) is 24.0 Å². The standard InChI is InChI=1S/C28H31Cl2NO3/c1-6-23(29)27(24(30)7-2)31-25(18-19(3)32)22-15-16-26(33-5)28(20(22)4)34-17-11-14-21-12-9-8-10-13-21/h6-10,12-13,15-16,18,31H,1,11,14,17H2,2-5H3/b24-7+,25-18+,27-23-. The molecule has 2 aromatic carbocycles. The third kappa shape index (κ3) is 7.54. The Balaban J connectivity index is 2.38. The molecule has 0 unspecified atom stereocenters. The van der Waals surface area contributed by atoms with Gasteiger partial charge in [0.1, 0.15) is 0 Å². The molecular formula is C28H31Cl2NO3. The lowest BCUT2D eigenvalue weighted by Gasteiger charge is -2.20. The summed E-state index contributed by atoms with van der Waals surface area (Å²) < 4.78 is 11.7. The topological polar surface area (TPSA) is 47.6 Å². The van der Waals surface area contributed by atoms with Crippen molar-refractivity contribution in [2.75, 3.05) is 13.7 Å². The van der Waals surface area contributed by atoms with Gasteiger partial charge in [-0.15, -0.1) is 0 Å². The summed E-state index contributed by atoms with van der Waals surface area (Å²) in [5.74, 6) is 1.12. The fourth-order valence-corrected chi connectivity index (χ4v) is 3.74. The number of allylic oxidation sites excluding steroid dienone is 5. The lowest BCUT2D eigenvalue weighted by molar-refractivity contribution is -0.112. The van der Waals surface area contributed by atoms with Crippen LogP contribution in [-0.4, -0.2) is 19.5 Å². The maximum Gasteiger partial charge on any atom is 0.164 e. The van der Waals surface area contributed by atoms with Crippen LogP contribution in [0.2, 0.25) is 0 Å². The molecule has 0 atom stereocenters. The third-order valence-electron chi connectivity index (χ3n) is 5.10. The second-order valence-electron chi connectivity index (χ2n) is 7.56. The molecule has 0 amide bonds. The molecule has 0 bridgehead atoms. The van der Waals surface area contributed by atoms with E-state index in [2.05, 4.69) is 24.0 Å². The number of rotatable bonds is 12. The minimum Gasteiger partial charge on any atom is -0.493 e. The number of methoxy groups -OCH3 is 1. The zero-order valence-corrected chi connectivity index (χ0v) is 21.6. The minimum atomic E-state index is -0.131. The lowest BCUT2D eigenvalue weighted by atomic mass is 10.0. The van der Waals surface area contributed by atoms with Gasteiger partial charge in [0.25, 0.3) is 0 Å². The maximum atomic E-state index is 12.1. The number of aryl methyl sites for hydroxylation is 1. The summed E-state index contributed by atoms with van der Waals surface area (Å²) in [5.41, 5.74) is 3.84. The lowest BCUT2D eigenvalue weighted by Crippen LogP contribution is -2.16. The predicted octanol–water partition coefficient (Wildman–Crippen LogP) is 7.31. The first-order valence-corrected chi connectivity index (χ1v) is 11.8. The Labute approximate surface area is 212 Å². The second-order valence-corrected chi connectivity index (χ2v) is 8.38. The number of nitrogens with one attached hydrogen (secondary N) is 1. The van der Waals surface area contributed by atoms with Gasteiger partial charge in [-0.05, 0) is 57.4 Å². The first-order valence-electron chi connectivity index (χ1n) is 11.0. The highest BCUT2D eigenvalue weighted by atomic mass is 35.5. The molecule has 0 saturated carbocycles. The largest absolute Gasteiger partial charge is 0.493 e. The molecule has 0 aliphatic rings. The number of halogens is 2. The van der Waals surface area contributed by atoms with Crippen molar-refractivity contribution in [3.05, 3.63) is 99.7 Å². The van der Waals surface area contributed by atoms with Crippen LogP contribution in [0.15, 0.2) is 83.0 Å². The zero-order chi connectivity index (χ0) is 25.1. The molecular weight excluding hydrogens is 469 g/mol. The Bertz CT molecular complexity index is 1100. The van der Waals surface area contributed by atoms with Crippen LogP contribution in [0.25, 0.3) is 5.70 Å². The third-order valence-corrected chi connectivity index (χ3v) is 5.85. The SMILES string of the molecule is C=C/C(Cl)=C(N/C(=C/C(C)=O)c1ccc(OC)c(OCCCc2ccccc2)c1C)\C(Cl)=C/C. The van der Waals surface area contributed by atoms with Gasteiger partial charge in [0, 0.05) is 22.9 Å². The summed E-state index contributed by atoms with van der Waals surface area (Å²) in [6.07, 6.45) is 6.46. The van der Waals surface area contributed by atoms with Crippen molar-refractivity contribution in [3.63, 3.8) is 0 Å². The Morgan fingerprint density at radius 2 is 1.85 bits per heavy atom. The fourth-order valence-electron chi connectivity index (χ4n) is 3.39. The van der Waals surface area contributed by atoms with Gasteiger partial charge in [0.15, 0.2) is 17.3 Å². The van der Waals surface area contributed by atoms with Crippen LogP contribution in [0.4, 0.5) is 0 Å². The zero-order valence-electron chi connectivity index (χ0n) is 20.1. The predicted molar refractivity (Wildman–Crippen MR) is 142 cm³/mol. The van der Waals surface area contributed by atoms with Gasteiger partial charge >= 0.3 is 0 Å². The van der Waals surface area contributed by atoms with E-state index in [0.29, 0.717) is 39.6 Å². The average molecular weight is 500 g/mol. The first-order chi connectivity index (χ1) is 16.3. The average Bonchev–Trinajstić information content (AvgIpc) is 2.84. The molecule has 0 fully saturated rings. The Hall–Kier alpha value is -2.95. The molecule has 2 rings (SSSR count). The van der Waals surface area contributed by atoms with E-state index in [-0.39, 0.29) is 5.78 Å². The molecule has 0 spiro atoms. The Kier molecular flexibility index (Phi) is 11.0. The molecule has 0 radical (unpaired) electrons. The van der Waals surface area contributed by atoms with Crippen molar-refractivity contribution < 1.29 is 14.3 Å². The summed E-state index contributed by atoms with van der Waals surface area (Å²) in [4.78, 5) is 12.1. The molecule has 1 N–H and O–H groups in total. The van der Waals surface area contributed by atoms with Crippen molar-refractivity contribution in [2.24, 2.45) is 0 Å². The van der Waals surface area contributed by atoms with Crippen LogP contribution in [-0.2, 0) is 11.2 Å². The van der Waals surface area contributed by atoms with E-state index in [4.69, 9.17) is 32.7 Å². The van der Waals surface area contributed by atoms with E-state index in [1.54, 1.807) is 20.1 Å². The molecule has 4 nitrogen and oxygen atoms in total. The molecule has 6 heteroatoms. The van der Waals surface area contributed by atoms with Crippen LogP contribution >= 0.6 is 23.2 Å². The Morgan fingerprint density at radius 1 is 1.15 bits per heavy atom. The fraction of sp³-hybridized carbons (Fsp3) is 0.250. The van der Waals surface area contributed by atoms with Gasteiger partial charge in [0.05, 0.1) is 29.5 Å². The number of benzene rings is 2. The van der Waals surface area contributed by atoms with Gasteiger partial charge in [-0.3, -0.25) is 4.79 Å². The van der Waals surface area contributed by atoms with Crippen molar-refractivity contribution in [2.45, 2.75) is 33.6 Å². The van der Waals surface area contributed by atoms with E-state index < -0.39 is 0 Å². The maximum absolute atomic E-state index is 12.1. The van der Waals surface area contributed by atoms with Gasteiger partial charge in [-0.2, -0.15) is 0 Å². The van der Waals surface area contributed by atoms with Crippen LogP contribution in [0, 0.1) is 6.92 Å². The van der Waals surface area contributed by atoms with Crippen molar-refractivity contribution in [3.8, 4) is 11.5 Å². The van der Waals surface area contributed by atoms with E-state index in [9.17, 15) is 4.79 Å². The van der Waals surface area contributed by atoms with Crippen LogP contribution in [0.3, 0.4) is 0 Å². The van der Waals surface area contributed by atoms with Crippen molar-refractivity contribution in [1.29, 1.82) is 0 Å². The highest BCUT2D eigenvalue weighted by molar-refractivity contribution is 6.36. The molecule has 180 valence electrons. The Morgan fingerprint density at radius 3 is 2.44 bits per heavy atom. The van der Waals surface area contributed by atoms with Crippen molar-refractivity contribution in [1.82, 2.24) is 5.32 Å². The number of hydrogen-bond acceptors (Lipinski definition) is 4. The molecule has 0 saturated heterocycles. The summed E-state index contributed by atoms with van der Waals surface area (Å²) in [6.45, 7) is 9.45. The quantitative estimate of drug-likeness (QED) is 0.189. The minimum absolute atomic E-state index is 0.131. The highest BCUT2D eigenvalue weighted by Crippen LogP contribution is 2.36. The summed E-state index contributed by atoms with van der Waals surface area (Å²) in [6, 6.07) is 14.0. The number of carbonyl (C=O) groups is 1. The number of ketones is 1. The van der Waals surface area contributed by atoms with Gasteiger partial charge in [-0.1, -0.05) is 66.2 Å². The molecule has 0 aliphatic carbocycles. The highest BCUT2D eigenvalue weighted by Gasteiger charge is 2.18. The number of ether oxygens (including phenoxy) is 2. The summed E-state index contributed by atoms with van der Waals surface area (Å²) in [5, 5.41) is 3.96. The molecule has 34 heavy (non-hydrogen) atoms. The van der Waals surface area contributed by atoms with E-state index in [1.165, 1.54) is 24.6 Å². The molecule has 2 aromatic rings. The summed E-state index contributed by atoms with van der Waals surface area (Å²) in [7, 11) is 1.60. The first kappa shape index (κ1) is 27.3. The number of hydrogen-bond donors (Lipinski definition) is 1. The smallest absolute Gasteiger partial charge is 0.164 e.